The normalized spacial score (nSPS) is 20.6. The van der Waals surface area contributed by atoms with Crippen LogP contribution < -0.4 is 4.74 Å². The molecule has 26 heavy (non-hydrogen) atoms. The van der Waals surface area contributed by atoms with E-state index in [9.17, 15) is 0 Å². The van der Waals surface area contributed by atoms with Gasteiger partial charge in [0.1, 0.15) is 0 Å². The molecule has 0 radical (unpaired) electrons. The molecule has 2 nitrogen and oxygen atoms in total. The molecule has 1 aromatic rings. The van der Waals surface area contributed by atoms with E-state index in [2.05, 4.69) is 46.8 Å². The van der Waals surface area contributed by atoms with Gasteiger partial charge in [0, 0.05) is 11.8 Å². The zero-order chi connectivity index (χ0) is 19.6. The first-order valence-corrected chi connectivity index (χ1v) is 11.0. The van der Waals surface area contributed by atoms with Crippen LogP contribution >= 0.6 is 0 Å². The fourth-order valence-electron chi connectivity index (χ4n) is 4.19. The zero-order valence-electron chi connectivity index (χ0n) is 18.5. The van der Waals surface area contributed by atoms with Crippen molar-refractivity contribution in [2.75, 3.05) is 6.61 Å². The van der Waals surface area contributed by atoms with E-state index in [0.29, 0.717) is 0 Å². The molecular formula is C24H43NO. The molecule has 1 aliphatic rings. The van der Waals surface area contributed by atoms with Crippen LogP contribution in [0.25, 0.3) is 0 Å². The van der Waals surface area contributed by atoms with E-state index < -0.39 is 0 Å². The Labute approximate surface area is 163 Å². The van der Waals surface area contributed by atoms with Crippen molar-refractivity contribution in [2.45, 2.75) is 93.4 Å². The highest BCUT2D eigenvalue weighted by Crippen LogP contribution is 2.37. The third kappa shape index (κ3) is 8.10. The summed E-state index contributed by atoms with van der Waals surface area (Å²) >= 11 is 0. The molecule has 0 N–H and O–H groups in total. The van der Waals surface area contributed by atoms with E-state index in [1.165, 1.54) is 44.2 Å². The minimum Gasteiger partial charge on any atom is -0.477 e. The van der Waals surface area contributed by atoms with Gasteiger partial charge in [-0.25, -0.2) is 4.98 Å². The number of pyridine rings is 1. The maximum atomic E-state index is 6.05. The summed E-state index contributed by atoms with van der Waals surface area (Å²) in [7, 11) is 0. The molecule has 0 saturated heterocycles. The molecule has 0 amide bonds. The SMILES string of the molecule is CC.CCCC(C)CC(C)(C)COc1cccc(CC2CC(CC)C2)n1. The van der Waals surface area contributed by atoms with Gasteiger partial charge in [-0.3, -0.25) is 0 Å². The van der Waals surface area contributed by atoms with Crippen LogP contribution in [0, 0.1) is 23.2 Å². The largest absolute Gasteiger partial charge is 0.477 e. The number of ether oxygens (including phenoxy) is 1. The highest BCUT2D eigenvalue weighted by atomic mass is 16.5. The lowest BCUT2D eigenvalue weighted by atomic mass is 9.71. The lowest BCUT2D eigenvalue weighted by Crippen LogP contribution is -2.25. The van der Waals surface area contributed by atoms with Gasteiger partial charge in [-0.2, -0.15) is 0 Å². The van der Waals surface area contributed by atoms with Crippen LogP contribution in [-0.2, 0) is 6.42 Å². The van der Waals surface area contributed by atoms with Crippen molar-refractivity contribution < 1.29 is 4.74 Å². The second-order valence-corrected chi connectivity index (χ2v) is 8.83. The first-order chi connectivity index (χ1) is 12.4. The molecule has 1 unspecified atom stereocenters. The zero-order valence-corrected chi connectivity index (χ0v) is 18.5. The first kappa shape index (κ1) is 23.0. The summed E-state index contributed by atoms with van der Waals surface area (Å²) in [4.78, 5) is 4.74. The number of hydrogen-bond acceptors (Lipinski definition) is 2. The number of hydrogen-bond donors (Lipinski definition) is 0. The van der Waals surface area contributed by atoms with Gasteiger partial charge in [0.15, 0.2) is 0 Å². The van der Waals surface area contributed by atoms with Gasteiger partial charge in [0.25, 0.3) is 0 Å². The summed E-state index contributed by atoms with van der Waals surface area (Å²) in [6.45, 7) is 16.3. The Bertz CT molecular complexity index is 491. The quantitative estimate of drug-likeness (QED) is 0.435. The Morgan fingerprint density at radius 1 is 1.15 bits per heavy atom. The molecule has 1 aromatic heterocycles. The van der Waals surface area contributed by atoms with Crippen LogP contribution in [-0.4, -0.2) is 11.6 Å². The molecule has 0 aliphatic heterocycles. The van der Waals surface area contributed by atoms with E-state index in [1.54, 1.807) is 0 Å². The van der Waals surface area contributed by atoms with E-state index >= 15 is 0 Å². The van der Waals surface area contributed by atoms with Crippen molar-refractivity contribution in [3.05, 3.63) is 23.9 Å². The van der Waals surface area contributed by atoms with E-state index in [0.717, 1.165) is 36.7 Å². The summed E-state index contributed by atoms with van der Waals surface area (Å²) in [6, 6.07) is 6.26. The van der Waals surface area contributed by atoms with Gasteiger partial charge in [-0.05, 0) is 54.9 Å². The molecular weight excluding hydrogens is 318 g/mol. The van der Waals surface area contributed by atoms with E-state index in [-0.39, 0.29) is 5.41 Å². The summed E-state index contributed by atoms with van der Waals surface area (Å²) in [5.74, 6) is 3.36. The molecule has 0 spiro atoms. The molecule has 2 rings (SSSR count). The molecule has 150 valence electrons. The van der Waals surface area contributed by atoms with Gasteiger partial charge < -0.3 is 4.74 Å². The lowest BCUT2D eigenvalue weighted by molar-refractivity contribution is 0.143. The smallest absolute Gasteiger partial charge is 0.213 e. The average molecular weight is 362 g/mol. The van der Waals surface area contributed by atoms with Crippen LogP contribution in [0.1, 0.15) is 92.7 Å². The summed E-state index contributed by atoms with van der Waals surface area (Å²) in [5.41, 5.74) is 1.40. The van der Waals surface area contributed by atoms with Crippen molar-refractivity contribution >= 4 is 0 Å². The van der Waals surface area contributed by atoms with Crippen molar-refractivity contribution in [3.8, 4) is 5.88 Å². The topological polar surface area (TPSA) is 22.1 Å². The monoisotopic (exact) mass is 361 g/mol. The van der Waals surface area contributed by atoms with Crippen LogP contribution in [0.5, 0.6) is 5.88 Å². The van der Waals surface area contributed by atoms with Crippen LogP contribution in [0.15, 0.2) is 18.2 Å². The van der Waals surface area contributed by atoms with Crippen LogP contribution in [0.3, 0.4) is 0 Å². The van der Waals surface area contributed by atoms with Crippen molar-refractivity contribution in [1.29, 1.82) is 0 Å². The number of nitrogens with zero attached hydrogens (tertiary/aromatic N) is 1. The van der Waals surface area contributed by atoms with E-state index in [1.807, 2.05) is 19.9 Å². The number of aromatic nitrogens is 1. The number of rotatable bonds is 10. The predicted octanol–water partition coefficient (Wildman–Crippen LogP) is 7.32. The van der Waals surface area contributed by atoms with E-state index in [4.69, 9.17) is 9.72 Å². The molecule has 2 heteroatoms. The Balaban J connectivity index is 0.00000163. The fourth-order valence-corrected chi connectivity index (χ4v) is 4.19. The summed E-state index contributed by atoms with van der Waals surface area (Å²) in [6.07, 6.45) is 8.99. The summed E-state index contributed by atoms with van der Waals surface area (Å²) in [5, 5.41) is 0. The molecule has 1 aliphatic carbocycles. The maximum Gasteiger partial charge on any atom is 0.213 e. The minimum atomic E-state index is 0.203. The third-order valence-corrected chi connectivity index (χ3v) is 5.48. The van der Waals surface area contributed by atoms with Gasteiger partial charge in [0.05, 0.1) is 6.61 Å². The Morgan fingerprint density at radius 2 is 1.85 bits per heavy atom. The molecule has 0 bridgehead atoms. The van der Waals surface area contributed by atoms with Gasteiger partial charge >= 0.3 is 0 Å². The fraction of sp³-hybridized carbons (Fsp3) is 0.792. The highest BCUT2D eigenvalue weighted by molar-refractivity contribution is 5.16. The minimum absolute atomic E-state index is 0.203. The van der Waals surface area contributed by atoms with Crippen molar-refractivity contribution in [1.82, 2.24) is 4.98 Å². The first-order valence-electron chi connectivity index (χ1n) is 11.0. The summed E-state index contributed by atoms with van der Waals surface area (Å²) < 4.78 is 6.05. The Hall–Kier alpha value is -1.05. The van der Waals surface area contributed by atoms with Gasteiger partial charge in [0.2, 0.25) is 5.88 Å². The average Bonchev–Trinajstić information content (AvgIpc) is 2.58. The standard InChI is InChI=1S/C22H37NO.C2H6/c1-6-9-17(3)15-22(4,5)16-24-21-11-8-10-20(23-21)14-19-12-18(7-2)13-19;1-2/h8,10-11,17-19H,6-7,9,12-16H2,1-5H3;1-2H3. The van der Waals surface area contributed by atoms with Crippen LogP contribution in [0.4, 0.5) is 0 Å². The molecule has 1 atom stereocenters. The van der Waals surface area contributed by atoms with Gasteiger partial charge in [-0.1, -0.05) is 73.8 Å². The van der Waals surface area contributed by atoms with Gasteiger partial charge in [-0.15, -0.1) is 0 Å². The van der Waals surface area contributed by atoms with Crippen molar-refractivity contribution in [3.63, 3.8) is 0 Å². The Morgan fingerprint density at radius 3 is 2.46 bits per heavy atom. The second kappa shape index (κ2) is 11.6. The molecule has 1 heterocycles. The predicted molar refractivity (Wildman–Crippen MR) is 114 cm³/mol. The third-order valence-electron chi connectivity index (χ3n) is 5.48. The molecule has 1 fully saturated rings. The lowest BCUT2D eigenvalue weighted by Gasteiger charge is -2.34. The second-order valence-electron chi connectivity index (χ2n) is 8.83. The molecule has 0 aromatic carbocycles. The highest BCUT2D eigenvalue weighted by Gasteiger charge is 2.28. The maximum absolute atomic E-state index is 6.05. The van der Waals surface area contributed by atoms with Crippen molar-refractivity contribution in [2.24, 2.45) is 23.2 Å². The Kier molecular flexibility index (Phi) is 10.3. The van der Waals surface area contributed by atoms with Crippen LogP contribution in [0.2, 0.25) is 0 Å². The molecule has 1 saturated carbocycles.